The molecule has 9 heteroatoms. The molecule has 6 nitrogen and oxygen atoms in total. The molecule has 0 aliphatic carbocycles. The Kier molecular flexibility index (Phi) is 9.70. The largest absolute Gasteiger partial charge is 0.375 e. The molecule has 0 radical (unpaired) electrons. The Morgan fingerprint density at radius 3 is 2.44 bits per heavy atom. The summed E-state index contributed by atoms with van der Waals surface area (Å²) in [6.45, 7) is 3.49. The average Bonchev–Trinajstić information content (AvgIpc) is 3.10. The van der Waals surface area contributed by atoms with Gasteiger partial charge in [-0.1, -0.05) is 80.5 Å². The second-order valence-corrected chi connectivity index (χ2v) is 11.6. The quantitative estimate of drug-likeness (QED) is 0.246. The number of thiocarbonyl (C=S) groups is 1. The van der Waals surface area contributed by atoms with Crippen molar-refractivity contribution >= 4 is 56.0 Å². The zero-order chi connectivity index (χ0) is 24.6. The maximum atomic E-state index is 12.9. The van der Waals surface area contributed by atoms with Crippen molar-refractivity contribution in [1.82, 2.24) is 9.62 Å². The van der Waals surface area contributed by atoms with Crippen molar-refractivity contribution in [3.05, 3.63) is 65.1 Å². The van der Waals surface area contributed by atoms with E-state index >= 15 is 0 Å². The Morgan fingerprint density at radius 1 is 1.06 bits per heavy atom. The summed E-state index contributed by atoms with van der Waals surface area (Å²) in [5.74, 6) is -0.203. The van der Waals surface area contributed by atoms with E-state index in [4.69, 9.17) is 12.2 Å². The van der Waals surface area contributed by atoms with E-state index in [1.165, 1.54) is 54.5 Å². The van der Waals surface area contributed by atoms with Gasteiger partial charge in [0.05, 0.1) is 9.80 Å². The first-order valence-electron chi connectivity index (χ1n) is 11.4. The Morgan fingerprint density at radius 2 is 1.76 bits per heavy atom. The lowest BCUT2D eigenvalue weighted by Gasteiger charge is -2.19. The van der Waals surface area contributed by atoms with Gasteiger partial charge in [0, 0.05) is 32.4 Å². The van der Waals surface area contributed by atoms with Crippen LogP contribution in [-0.4, -0.2) is 50.2 Å². The number of hydrogen-bond acceptors (Lipinski definition) is 6. The molecule has 0 spiro atoms. The second kappa shape index (κ2) is 12.5. The van der Waals surface area contributed by atoms with Crippen molar-refractivity contribution in [3.63, 3.8) is 0 Å². The predicted molar refractivity (Wildman–Crippen MR) is 145 cm³/mol. The van der Waals surface area contributed by atoms with Crippen molar-refractivity contribution in [2.24, 2.45) is 0 Å². The van der Waals surface area contributed by atoms with Crippen LogP contribution in [0.3, 0.4) is 0 Å². The molecule has 1 N–H and O–H groups in total. The van der Waals surface area contributed by atoms with E-state index in [0.29, 0.717) is 9.23 Å². The SMILES string of the molecule is CCCCCCN(C)c1ccc(/C=C2\SC(=S)N(CCNS(=O)(=O)c3ccccc3)C2=O)cc1. The van der Waals surface area contributed by atoms with E-state index in [2.05, 4.69) is 35.7 Å². The van der Waals surface area contributed by atoms with E-state index in [1.807, 2.05) is 18.2 Å². The number of anilines is 1. The van der Waals surface area contributed by atoms with Crippen LogP contribution in [0.1, 0.15) is 38.2 Å². The van der Waals surface area contributed by atoms with Gasteiger partial charge in [-0.3, -0.25) is 9.69 Å². The van der Waals surface area contributed by atoms with Crippen LogP contribution in [0, 0.1) is 0 Å². The molecule has 1 aliphatic heterocycles. The Bertz CT molecular complexity index is 1120. The maximum absolute atomic E-state index is 12.9. The van der Waals surface area contributed by atoms with Crippen molar-refractivity contribution in [1.29, 1.82) is 0 Å². The van der Waals surface area contributed by atoms with Crippen LogP contribution in [0.4, 0.5) is 5.69 Å². The van der Waals surface area contributed by atoms with E-state index in [0.717, 1.165) is 17.8 Å². The third-order valence-electron chi connectivity index (χ3n) is 5.53. The lowest BCUT2D eigenvalue weighted by molar-refractivity contribution is -0.122. The fraction of sp³-hybridized carbons (Fsp3) is 0.360. The first-order chi connectivity index (χ1) is 16.3. The van der Waals surface area contributed by atoms with Crippen LogP contribution in [0.2, 0.25) is 0 Å². The number of nitrogens with one attached hydrogen (secondary N) is 1. The number of carbonyl (C=O) groups is 1. The lowest BCUT2D eigenvalue weighted by Crippen LogP contribution is -2.37. The molecule has 3 rings (SSSR count). The summed E-state index contributed by atoms with van der Waals surface area (Å²) in [5, 5.41) is 0. The molecule has 2 aromatic carbocycles. The van der Waals surface area contributed by atoms with Gasteiger partial charge in [-0.2, -0.15) is 0 Å². The number of nitrogens with zero attached hydrogens (tertiary/aromatic N) is 2. The van der Waals surface area contributed by atoms with E-state index < -0.39 is 10.0 Å². The van der Waals surface area contributed by atoms with Gasteiger partial charge in [0.2, 0.25) is 10.0 Å². The maximum Gasteiger partial charge on any atom is 0.266 e. The Balaban J connectivity index is 1.56. The molecular formula is C25H31N3O3S3. The number of sulfonamides is 1. The van der Waals surface area contributed by atoms with Gasteiger partial charge in [-0.25, -0.2) is 13.1 Å². The summed E-state index contributed by atoms with van der Waals surface area (Å²) >= 11 is 6.61. The molecule has 0 bridgehead atoms. The minimum absolute atomic E-state index is 0.0796. The Labute approximate surface area is 212 Å². The highest BCUT2D eigenvalue weighted by Crippen LogP contribution is 2.32. The molecule has 182 valence electrons. The van der Waals surface area contributed by atoms with Crippen LogP contribution >= 0.6 is 24.0 Å². The summed E-state index contributed by atoms with van der Waals surface area (Å²) in [6, 6.07) is 16.3. The van der Waals surface area contributed by atoms with Crippen LogP contribution < -0.4 is 9.62 Å². The number of amides is 1. The number of carbonyl (C=O) groups excluding carboxylic acids is 1. The molecule has 0 saturated carbocycles. The summed E-state index contributed by atoms with van der Waals surface area (Å²) in [6.07, 6.45) is 6.75. The normalized spacial score (nSPS) is 15.4. The second-order valence-electron chi connectivity index (χ2n) is 8.12. The third kappa shape index (κ3) is 7.15. The monoisotopic (exact) mass is 517 g/mol. The van der Waals surface area contributed by atoms with Gasteiger partial charge >= 0.3 is 0 Å². The van der Waals surface area contributed by atoms with Crippen LogP contribution in [0.5, 0.6) is 0 Å². The van der Waals surface area contributed by atoms with Gasteiger partial charge in [-0.15, -0.1) is 0 Å². The predicted octanol–water partition coefficient (Wildman–Crippen LogP) is 4.88. The fourth-order valence-corrected chi connectivity index (χ4v) is 5.90. The zero-order valence-electron chi connectivity index (χ0n) is 19.6. The van der Waals surface area contributed by atoms with Crippen LogP contribution in [0.15, 0.2) is 64.4 Å². The van der Waals surface area contributed by atoms with E-state index in [1.54, 1.807) is 18.2 Å². The van der Waals surface area contributed by atoms with Gasteiger partial charge in [0.1, 0.15) is 4.32 Å². The summed E-state index contributed by atoms with van der Waals surface area (Å²) in [5.41, 5.74) is 2.07. The molecule has 34 heavy (non-hydrogen) atoms. The first-order valence-corrected chi connectivity index (χ1v) is 14.1. The Hall–Kier alpha value is -2.20. The lowest BCUT2D eigenvalue weighted by atomic mass is 10.1. The van der Waals surface area contributed by atoms with Gasteiger partial charge in [-0.05, 0) is 42.3 Å². The highest BCUT2D eigenvalue weighted by Gasteiger charge is 2.31. The number of hydrogen-bond donors (Lipinski definition) is 1. The molecule has 1 aliphatic rings. The number of rotatable bonds is 12. The van der Waals surface area contributed by atoms with Gasteiger partial charge < -0.3 is 4.90 Å². The van der Waals surface area contributed by atoms with Gasteiger partial charge in [0.25, 0.3) is 5.91 Å². The first kappa shape index (κ1) is 26.4. The number of benzene rings is 2. The smallest absolute Gasteiger partial charge is 0.266 e. The van der Waals surface area contributed by atoms with Crippen LogP contribution in [0.25, 0.3) is 6.08 Å². The molecule has 1 fully saturated rings. The standard InChI is InChI=1S/C25H31N3O3S3/c1-3-4-5-9-17-27(2)21-14-12-20(13-15-21)19-23-24(29)28(25(32)33-23)18-16-26-34(30,31)22-10-7-6-8-11-22/h6-8,10-15,19,26H,3-5,9,16-18H2,1-2H3/b23-19-. The zero-order valence-corrected chi connectivity index (χ0v) is 22.0. The van der Waals surface area contributed by atoms with E-state index in [-0.39, 0.29) is 23.9 Å². The summed E-state index contributed by atoms with van der Waals surface area (Å²) < 4.78 is 27.7. The molecule has 0 unspecified atom stereocenters. The fourth-order valence-electron chi connectivity index (χ4n) is 3.55. The van der Waals surface area contributed by atoms with E-state index in [9.17, 15) is 13.2 Å². The molecule has 1 saturated heterocycles. The molecule has 1 amide bonds. The molecule has 2 aromatic rings. The van der Waals surface area contributed by atoms with Crippen molar-refractivity contribution in [3.8, 4) is 0 Å². The van der Waals surface area contributed by atoms with Crippen molar-refractivity contribution in [2.45, 2.75) is 37.5 Å². The molecular weight excluding hydrogens is 486 g/mol. The molecule has 0 aromatic heterocycles. The number of unbranched alkanes of at least 4 members (excludes halogenated alkanes) is 3. The minimum atomic E-state index is -3.63. The topological polar surface area (TPSA) is 69.7 Å². The summed E-state index contributed by atoms with van der Waals surface area (Å²) in [7, 11) is -1.53. The van der Waals surface area contributed by atoms with Crippen LogP contribution in [-0.2, 0) is 14.8 Å². The highest BCUT2D eigenvalue weighted by atomic mass is 32.2. The van der Waals surface area contributed by atoms with Gasteiger partial charge in [0.15, 0.2) is 0 Å². The average molecular weight is 518 g/mol. The van der Waals surface area contributed by atoms with Crippen molar-refractivity contribution < 1.29 is 13.2 Å². The summed E-state index contributed by atoms with van der Waals surface area (Å²) in [4.78, 5) is 17.3. The third-order valence-corrected chi connectivity index (χ3v) is 8.39. The van der Waals surface area contributed by atoms with Crippen molar-refractivity contribution in [2.75, 3.05) is 31.6 Å². The number of thioether (sulfide) groups is 1. The molecule has 0 atom stereocenters. The molecule has 1 heterocycles. The minimum Gasteiger partial charge on any atom is -0.375 e. The highest BCUT2D eigenvalue weighted by molar-refractivity contribution is 8.26.